The molecule has 0 radical (unpaired) electrons. The number of hydrogen-bond acceptors (Lipinski definition) is 1. The summed E-state index contributed by atoms with van der Waals surface area (Å²) in [6.07, 6.45) is 5.28. The molecule has 0 N–H and O–H groups in total. The maximum atomic E-state index is 11.4. The summed E-state index contributed by atoms with van der Waals surface area (Å²) in [7, 11) is 5.10. The van der Waals surface area contributed by atoms with Gasteiger partial charge in [0.15, 0.2) is 0 Å². The van der Waals surface area contributed by atoms with Crippen molar-refractivity contribution in [3.63, 3.8) is 0 Å². The van der Waals surface area contributed by atoms with Crippen molar-refractivity contribution >= 4 is 6.03 Å². The molecule has 0 atom stereocenters. The lowest BCUT2D eigenvalue weighted by Crippen LogP contribution is -2.48. The van der Waals surface area contributed by atoms with Gasteiger partial charge in [-0.2, -0.15) is 0 Å². The Morgan fingerprint density at radius 1 is 1.33 bits per heavy atom. The highest BCUT2D eigenvalue weighted by molar-refractivity contribution is 5.74. The van der Waals surface area contributed by atoms with Crippen LogP contribution in [0.4, 0.5) is 4.79 Å². The third-order valence-electron chi connectivity index (χ3n) is 1.86. The lowest BCUT2D eigenvalue weighted by molar-refractivity contribution is 0.155. The van der Waals surface area contributed by atoms with Crippen LogP contribution in [0, 0.1) is 12.3 Å². The SMILES string of the molecule is C#CC(C)(C)N(C)C(=O)N(C)C. The summed E-state index contributed by atoms with van der Waals surface area (Å²) in [5, 5.41) is 0. The van der Waals surface area contributed by atoms with Crippen molar-refractivity contribution in [2.75, 3.05) is 21.1 Å². The third-order valence-corrected chi connectivity index (χ3v) is 1.86. The smallest absolute Gasteiger partial charge is 0.320 e. The molecule has 0 heterocycles. The number of hydrogen-bond donors (Lipinski definition) is 0. The van der Waals surface area contributed by atoms with E-state index in [0.717, 1.165) is 0 Å². The van der Waals surface area contributed by atoms with Crippen LogP contribution in [-0.2, 0) is 0 Å². The van der Waals surface area contributed by atoms with E-state index in [2.05, 4.69) is 5.92 Å². The van der Waals surface area contributed by atoms with Crippen LogP contribution in [0.5, 0.6) is 0 Å². The van der Waals surface area contributed by atoms with Gasteiger partial charge in [0, 0.05) is 21.1 Å². The van der Waals surface area contributed by atoms with Gasteiger partial charge in [-0.1, -0.05) is 5.92 Å². The van der Waals surface area contributed by atoms with E-state index in [1.54, 1.807) is 21.1 Å². The lowest BCUT2D eigenvalue weighted by Gasteiger charge is -2.32. The number of carbonyl (C=O) groups excluding carboxylic acids is 1. The predicted molar refractivity (Wildman–Crippen MR) is 49.8 cm³/mol. The van der Waals surface area contributed by atoms with Gasteiger partial charge in [-0.3, -0.25) is 0 Å². The van der Waals surface area contributed by atoms with Gasteiger partial charge in [-0.15, -0.1) is 6.42 Å². The number of nitrogens with zero attached hydrogens (tertiary/aromatic N) is 2. The van der Waals surface area contributed by atoms with E-state index >= 15 is 0 Å². The van der Waals surface area contributed by atoms with Gasteiger partial charge in [-0.05, 0) is 13.8 Å². The second-order valence-corrected chi connectivity index (χ2v) is 3.44. The zero-order valence-corrected chi connectivity index (χ0v) is 8.38. The molecule has 0 spiro atoms. The highest BCUT2D eigenvalue weighted by Gasteiger charge is 2.25. The Morgan fingerprint density at radius 3 is 2.00 bits per heavy atom. The van der Waals surface area contributed by atoms with E-state index in [-0.39, 0.29) is 6.03 Å². The van der Waals surface area contributed by atoms with Crippen LogP contribution in [0.1, 0.15) is 13.8 Å². The van der Waals surface area contributed by atoms with E-state index in [4.69, 9.17) is 6.42 Å². The highest BCUT2D eigenvalue weighted by atomic mass is 16.2. The monoisotopic (exact) mass is 168 g/mol. The molecule has 0 aliphatic rings. The highest BCUT2D eigenvalue weighted by Crippen LogP contribution is 2.11. The quantitative estimate of drug-likeness (QED) is 0.536. The summed E-state index contributed by atoms with van der Waals surface area (Å²) in [6.45, 7) is 3.66. The first-order chi connectivity index (χ1) is 5.33. The molecule has 0 aromatic rings. The Labute approximate surface area is 74.3 Å². The minimum atomic E-state index is -0.526. The maximum Gasteiger partial charge on any atom is 0.320 e. The van der Waals surface area contributed by atoms with Crippen molar-refractivity contribution in [1.29, 1.82) is 0 Å². The van der Waals surface area contributed by atoms with Crippen LogP contribution < -0.4 is 0 Å². The zero-order valence-electron chi connectivity index (χ0n) is 8.38. The molecule has 0 unspecified atom stereocenters. The van der Waals surface area contributed by atoms with Crippen LogP contribution in [-0.4, -0.2) is 42.5 Å². The molecule has 0 saturated carbocycles. The fraction of sp³-hybridized carbons (Fsp3) is 0.667. The molecule has 3 nitrogen and oxygen atoms in total. The van der Waals surface area contributed by atoms with E-state index in [9.17, 15) is 4.79 Å². The molecule has 68 valence electrons. The van der Waals surface area contributed by atoms with Crippen LogP contribution >= 0.6 is 0 Å². The summed E-state index contributed by atoms with van der Waals surface area (Å²) in [6, 6.07) is -0.0852. The fourth-order valence-corrected chi connectivity index (χ4v) is 0.636. The van der Waals surface area contributed by atoms with Gasteiger partial charge in [0.05, 0.1) is 5.54 Å². The first kappa shape index (κ1) is 10.8. The third kappa shape index (κ3) is 2.16. The number of rotatable bonds is 1. The van der Waals surface area contributed by atoms with Gasteiger partial charge in [0.1, 0.15) is 0 Å². The zero-order chi connectivity index (χ0) is 9.94. The molecule has 2 amide bonds. The van der Waals surface area contributed by atoms with Crippen molar-refractivity contribution in [3.05, 3.63) is 0 Å². The second-order valence-electron chi connectivity index (χ2n) is 3.44. The Balaban J connectivity index is 4.52. The van der Waals surface area contributed by atoms with E-state index < -0.39 is 5.54 Å². The molecule has 0 fully saturated rings. The largest absolute Gasteiger partial charge is 0.331 e. The first-order valence-electron chi connectivity index (χ1n) is 3.76. The molecule has 0 bridgehead atoms. The Hall–Kier alpha value is -1.17. The van der Waals surface area contributed by atoms with E-state index in [1.807, 2.05) is 13.8 Å². The van der Waals surface area contributed by atoms with Crippen molar-refractivity contribution in [3.8, 4) is 12.3 Å². The van der Waals surface area contributed by atoms with Crippen LogP contribution in [0.2, 0.25) is 0 Å². The molecule has 0 aromatic carbocycles. The Kier molecular flexibility index (Phi) is 3.15. The first-order valence-corrected chi connectivity index (χ1v) is 3.76. The minimum Gasteiger partial charge on any atom is -0.331 e. The summed E-state index contributed by atoms with van der Waals surface area (Å²) in [5.41, 5.74) is -0.526. The lowest BCUT2D eigenvalue weighted by atomic mass is 10.1. The molecule has 0 rings (SSSR count). The van der Waals surface area contributed by atoms with E-state index in [1.165, 1.54) is 9.80 Å². The maximum absolute atomic E-state index is 11.4. The number of urea groups is 1. The standard InChI is InChI=1S/C9H16N2O/c1-7-9(2,3)11(6)8(12)10(4)5/h1H,2-6H3. The van der Waals surface area contributed by atoms with Gasteiger partial charge < -0.3 is 9.80 Å². The molecule has 0 saturated heterocycles. The second kappa shape index (κ2) is 3.48. The average Bonchev–Trinajstić information content (AvgIpc) is 2.01. The normalized spacial score (nSPS) is 10.3. The number of amides is 2. The van der Waals surface area contributed by atoms with Gasteiger partial charge >= 0.3 is 6.03 Å². The van der Waals surface area contributed by atoms with Gasteiger partial charge in [0.25, 0.3) is 0 Å². The summed E-state index contributed by atoms with van der Waals surface area (Å²) < 4.78 is 0. The Morgan fingerprint density at radius 2 is 1.75 bits per heavy atom. The molecule has 0 aliphatic heterocycles. The van der Waals surface area contributed by atoms with Crippen molar-refractivity contribution in [1.82, 2.24) is 9.80 Å². The number of carbonyl (C=O) groups is 1. The topological polar surface area (TPSA) is 23.6 Å². The average molecular weight is 168 g/mol. The molecule has 0 aromatic heterocycles. The molecular formula is C9H16N2O. The summed E-state index contributed by atoms with van der Waals surface area (Å²) in [4.78, 5) is 14.4. The molecule has 12 heavy (non-hydrogen) atoms. The van der Waals surface area contributed by atoms with Crippen molar-refractivity contribution < 1.29 is 4.79 Å². The molecule has 3 heteroatoms. The predicted octanol–water partition coefficient (Wildman–Crippen LogP) is 1.01. The van der Waals surface area contributed by atoms with Gasteiger partial charge in [-0.25, -0.2) is 4.79 Å². The minimum absolute atomic E-state index is 0.0852. The van der Waals surface area contributed by atoms with Crippen LogP contribution in [0.25, 0.3) is 0 Å². The fourth-order valence-electron chi connectivity index (χ4n) is 0.636. The summed E-state index contributed by atoms with van der Waals surface area (Å²) in [5.74, 6) is 2.56. The Bertz CT molecular complexity index is 213. The van der Waals surface area contributed by atoms with Crippen LogP contribution in [0.15, 0.2) is 0 Å². The molecule has 0 aliphatic carbocycles. The van der Waals surface area contributed by atoms with Crippen LogP contribution in [0.3, 0.4) is 0 Å². The molecular weight excluding hydrogens is 152 g/mol. The van der Waals surface area contributed by atoms with Crippen molar-refractivity contribution in [2.24, 2.45) is 0 Å². The van der Waals surface area contributed by atoms with Crippen molar-refractivity contribution in [2.45, 2.75) is 19.4 Å². The van der Waals surface area contributed by atoms with Gasteiger partial charge in [0.2, 0.25) is 0 Å². The van der Waals surface area contributed by atoms with E-state index in [0.29, 0.717) is 0 Å². The summed E-state index contributed by atoms with van der Waals surface area (Å²) >= 11 is 0. The number of terminal acetylenes is 1.